The first-order valence-electron chi connectivity index (χ1n) is 36.1. The average molecular weight is 1810 g/mol. The molecule has 4 saturated carbocycles. The van der Waals surface area contributed by atoms with Crippen LogP contribution in [-0.4, -0.2) is 126 Å². The SMILES string of the molecule is O=C(Nc1cc(F)c(F)c(CF)c1)c1cccc(S(=O)(=O)NC2CCC(O)CC2)c1.O=C(Nc1cc(F)c(F)c(F)c1)c1ccc(F)c(S(=O)(=O)NC2CCCC(O)C2)c1.O=C(Nc1ccc(F)c(Br)c1)c1cccc(S(=O)(=O)NC2CCCC(O)C2)c1.O=C(Nc1ccc(F)c(Cl)c1)c1ccc(F)c(S(=O)(=O)NC2CCCCC2O)c1. The lowest BCUT2D eigenvalue weighted by Crippen LogP contribution is -2.45. The van der Waals surface area contributed by atoms with E-state index in [4.69, 9.17) is 11.6 Å². The number of amides is 4. The van der Waals surface area contributed by atoms with Crippen LogP contribution in [0.2, 0.25) is 5.02 Å². The fourth-order valence-corrected chi connectivity index (χ4v) is 18.9. The van der Waals surface area contributed by atoms with Crippen molar-refractivity contribution in [3.63, 3.8) is 0 Å². The average Bonchev–Trinajstić information content (AvgIpc) is 0.814. The maximum Gasteiger partial charge on any atom is 0.255 e. The summed E-state index contributed by atoms with van der Waals surface area (Å²) in [5, 5.41) is 48.2. The van der Waals surface area contributed by atoms with E-state index in [1.807, 2.05) is 0 Å². The normalized spacial score (nSPS) is 19.7. The summed E-state index contributed by atoms with van der Waals surface area (Å²) in [6.45, 7) is -1.25. The summed E-state index contributed by atoms with van der Waals surface area (Å²) in [6.07, 6.45) is 6.28. The Balaban J connectivity index is 0.000000178. The lowest BCUT2D eigenvalue weighted by atomic mass is 9.93. The number of aliphatic hydroxyl groups excluding tert-OH is 4. The molecule has 12 N–H and O–H groups in total. The number of halogens is 12. The standard InChI is InChI=1S/C20H21F3N2O4S.C19H20BrFN2O4S.C19H19ClF2N2O4S.C19H18F4N2O4S/c21-11-13-8-15(10-18(22)19(13)23)24-20(27)12-2-1-3-17(9-12)30(28,29)25-14-4-6-16(26)7-5-14;20-17-11-13(7-8-18(17)21)22-19(25)12-3-1-6-16(9-12)28(26,27)23-14-4-2-5-15(24)10-14;20-13-10-12(6-8-14(13)21)23-19(26)11-5-7-15(22)18(9-11)29(27,28)24-16-3-1-2-4-17(16)25;20-14-5-4-10(19(27)24-12-8-15(21)18(23)16(22)9-12)6-17(14)30(28,29)25-11-2-1-3-13(26)7-11/h1-3,8-10,14,16,25-26H,4-7,11H2,(H,24,27);1,3,6-9,11,14-15,23-24H,2,4-5,10H2,(H,22,25);5-10,16-17,24-25H,1-4H2,(H,23,26);4-6,8-9,11,13,25-26H,1-3,7H2,(H,24,27). The lowest BCUT2D eigenvalue weighted by Gasteiger charge is -2.28. The number of hydrogen-bond acceptors (Lipinski definition) is 16. The highest BCUT2D eigenvalue weighted by molar-refractivity contribution is 9.10. The van der Waals surface area contributed by atoms with E-state index in [-0.39, 0.29) is 71.4 Å². The first kappa shape index (κ1) is 92.1. The number of carbonyl (C=O) groups excluding carboxylic acids is 4. The van der Waals surface area contributed by atoms with Gasteiger partial charge in [0.15, 0.2) is 29.1 Å². The van der Waals surface area contributed by atoms with E-state index >= 15 is 0 Å². The van der Waals surface area contributed by atoms with Crippen molar-refractivity contribution in [3.8, 4) is 0 Å². The van der Waals surface area contributed by atoms with Crippen LogP contribution in [0.4, 0.5) is 66.7 Å². The number of carbonyl (C=O) groups is 4. The van der Waals surface area contributed by atoms with Gasteiger partial charge in [0.05, 0.1) is 43.7 Å². The van der Waals surface area contributed by atoms with Gasteiger partial charge in [-0.25, -0.2) is 96.5 Å². The van der Waals surface area contributed by atoms with Crippen LogP contribution >= 0.6 is 27.5 Å². The highest BCUT2D eigenvalue weighted by Crippen LogP contribution is 2.31. The van der Waals surface area contributed by atoms with Gasteiger partial charge in [0.1, 0.15) is 39.7 Å². The largest absolute Gasteiger partial charge is 0.393 e. The van der Waals surface area contributed by atoms with Crippen molar-refractivity contribution in [2.75, 3.05) is 21.3 Å². The molecule has 4 fully saturated rings. The summed E-state index contributed by atoms with van der Waals surface area (Å²) in [5.41, 5.74) is -0.807. The van der Waals surface area contributed by atoms with Gasteiger partial charge in [-0.15, -0.1) is 0 Å². The Morgan fingerprint density at radius 1 is 0.376 bits per heavy atom. The van der Waals surface area contributed by atoms with E-state index in [9.17, 15) is 117 Å². The summed E-state index contributed by atoms with van der Waals surface area (Å²) in [5.74, 6) is -13.6. The Labute approximate surface area is 679 Å². The molecular formula is C77H78BrClF10N8O16S4. The molecule has 0 bridgehead atoms. The van der Waals surface area contributed by atoms with Crippen molar-refractivity contribution in [2.24, 2.45) is 0 Å². The smallest absolute Gasteiger partial charge is 0.255 e. The molecule has 4 amide bonds. The fraction of sp³-hybridized carbons (Fsp3) is 0.325. The van der Waals surface area contributed by atoms with Crippen LogP contribution in [0.25, 0.3) is 0 Å². The van der Waals surface area contributed by atoms with Gasteiger partial charge in [-0.3, -0.25) is 19.2 Å². The Hall–Kier alpha value is -8.81. The number of rotatable bonds is 21. The number of alkyl halides is 1. The van der Waals surface area contributed by atoms with Gasteiger partial charge < -0.3 is 41.7 Å². The van der Waals surface area contributed by atoms with Crippen molar-refractivity contribution in [3.05, 3.63) is 235 Å². The van der Waals surface area contributed by atoms with Gasteiger partial charge in [-0.1, -0.05) is 36.6 Å². The zero-order valence-corrected chi connectivity index (χ0v) is 67.0. The van der Waals surface area contributed by atoms with Gasteiger partial charge in [0.2, 0.25) is 40.1 Å². The molecule has 24 nitrogen and oxygen atoms in total. The number of sulfonamides is 4. The first-order chi connectivity index (χ1) is 55.2. The lowest BCUT2D eigenvalue weighted by molar-refractivity contribution is 0.101. The summed E-state index contributed by atoms with van der Waals surface area (Å²) in [7, 11) is -16.4. The number of benzene rings is 8. The van der Waals surface area contributed by atoms with E-state index in [1.165, 1.54) is 72.8 Å². The summed E-state index contributed by atoms with van der Waals surface area (Å²) in [6, 6.07) is 24.8. The minimum absolute atomic E-state index is 0.0246. The van der Waals surface area contributed by atoms with E-state index in [0.29, 0.717) is 101 Å². The van der Waals surface area contributed by atoms with Gasteiger partial charge in [0, 0.05) is 92.9 Å². The van der Waals surface area contributed by atoms with Crippen LogP contribution < -0.4 is 40.2 Å². The summed E-state index contributed by atoms with van der Waals surface area (Å²) >= 11 is 8.72. The second-order valence-corrected chi connectivity index (χ2v) is 35.8. The van der Waals surface area contributed by atoms with Crippen LogP contribution in [0, 0.1) is 52.4 Å². The van der Waals surface area contributed by atoms with Crippen LogP contribution in [0.5, 0.6) is 0 Å². The van der Waals surface area contributed by atoms with Gasteiger partial charge >= 0.3 is 0 Å². The molecule has 0 radical (unpaired) electrons. The molecular weight excluding hydrogens is 1730 g/mol. The zero-order valence-electron chi connectivity index (χ0n) is 61.4. The third kappa shape index (κ3) is 25.9. The molecule has 630 valence electrons. The second kappa shape index (κ2) is 40.8. The molecule has 0 aliphatic heterocycles. The predicted molar refractivity (Wildman–Crippen MR) is 415 cm³/mol. The zero-order chi connectivity index (χ0) is 85.4. The minimum atomic E-state index is -4.35. The Bertz CT molecular complexity index is 5440. The maximum absolute atomic E-state index is 14.2. The number of hydrogen-bond donors (Lipinski definition) is 12. The first-order valence-corrected chi connectivity index (χ1v) is 43.2. The number of anilines is 4. The van der Waals surface area contributed by atoms with E-state index in [0.717, 1.165) is 73.9 Å². The molecule has 8 aromatic rings. The van der Waals surface area contributed by atoms with Crippen molar-refractivity contribution < 1.29 is 117 Å². The molecule has 6 atom stereocenters. The van der Waals surface area contributed by atoms with E-state index in [2.05, 4.69) is 56.1 Å². The van der Waals surface area contributed by atoms with E-state index < -0.39 is 180 Å². The topological polar surface area (TPSA) is 382 Å². The van der Waals surface area contributed by atoms with Crippen LogP contribution in [0.1, 0.15) is 150 Å². The molecule has 40 heteroatoms. The van der Waals surface area contributed by atoms with Crippen molar-refractivity contribution in [1.82, 2.24) is 18.9 Å². The molecule has 0 spiro atoms. The third-order valence-corrected chi connectivity index (χ3v) is 25.8. The quantitative estimate of drug-likeness (QED) is 0.0235. The molecule has 8 aromatic carbocycles. The molecule has 0 aromatic heterocycles. The van der Waals surface area contributed by atoms with Crippen molar-refractivity contribution >= 4 is 114 Å². The molecule has 4 aliphatic carbocycles. The molecule has 0 heterocycles. The third-order valence-electron chi connectivity index (χ3n) is 18.9. The van der Waals surface area contributed by atoms with E-state index in [1.54, 1.807) is 0 Å². The fourth-order valence-electron chi connectivity index (χ4n) is 12.8. The molecule has 6 unspecified atom stereocenters. The number of aliphatic hydroxyl groups is 4. The van der Waals surface area contributed by atoms with Crippen LogP contribution in [0.15, 0.2) is 170 Å². The molecule has 117 heavy (non-hydrogen) atoms. The molecule has 0 saturated heterocycles. The Kier molecular flexibility index (Phi) is 32.1. The maximum atomic E-state index is 14.2. The van der Waals surface area contributed by atoms with Gasteiger partial charge in [0.25, 0.3) is 23.6 Å². The van der Waals surface area contributed by atoms with Crippen LogP contribution in [-0.2, 0) is 46.8 Å². The van der Waals surface area contributed by atoms with Gasteiger partial charge in [-0.05, 0) is 221 Å². The van der Waals surface area contributed by atoms with Crippen molar-refractivity contribution in [2.45, 2.75) is 178 Å². The highest BCUT2D eigenvalue weighted by atomic mass is 79.9. The predicted octanol–water partition coefficient (Wildman–Crippen LogP) is 13.2. The number of nitrogens with one attached hydrogen (secondary N) is 8. The monoisotopic (exact) mass is 1800 g/mol. The second-order valence-electron chi connectivity index (χ2n) is 27.7. The van der Waals surface area contributed by atoms with Crippen LogP contribution in [0.3, 0.4) is 0 Å². The Morgan fingerprint density at radius 2 is 0.786 bits per heavy atom. The highest BCUT2D eigenvalue weighted by Gasteiger charge is 2.34. The Morgan fingerprint density at radius 3 is 1.25 bits per heavy atom. The summed E-state index contributed by atoms with van der Waals surface area (Å²) in [4.78, 5) is 48.0. The minimum Gasteiger partial charge on any atom is -0.393 e. The van der Waals surface area contributed by atoms with Crippen molar-refractivity contribution in [1.29, 1.82) is 0 Å². The van der Waals surface area contributed by atoms with Gasteiger partial charge in [-0.2, -0.15) is 0 Å². The molecule has 4 aliphatic rings. The summed E-state index contributed by atoms with van der Waals surface area (Å²) < 4.78 is 245. The molecule has 12 rings (SSSR count).